The molecule has 1 saturated heterocycles. The standard InChI is InChI=1S/C26H29F3N2O2/c1-17(2)12-24(32)31-15-22(19-8-5-9-21(13-19)26(27,28)29)23(16-31)25(33)30-11-10-18-6-3-4-7-20(18)14-30/h3-9,13,17,22-23H,10-12,14-16H2,1-2H3. The molecule has 0 saturated carbocycles. The summed E-state index contributed by atoms with van der Waals surface area (Å²) in [4.78, 5) is 29.9. The van der Waals surface area contributed by atoms with Gasteiger partial charge in [-0.1, -0.05) is 56.3 Å². The van der Waals surface area contributed by atoms with Crippen LogP contribution in [0.5, 0.6) is 0 Å². The third-order valence-electron chi connectivity index (χ3n) is 6.66. The van der Waals surface area contributed by atoms with Crippen LogP contribution in [0.4, 0.5) is 13.2 Å². The van der Waals surface area contributed by atoms with Gasteiger partial charge in [-0.05, 0) is 35.1 Å². The maximum absolute atomic E-state index is 13.6. The highest BCUT2D eigenvalue weighted by atomic mass is 19.4. The minimum Gasteiger partial charge on any atom is -0.341 e. The largest absolute Gasteiger partial charge is 0.416 e. The Bertz CT molecular complexity index is 1030. The van der Waals surface area contributed by atoms with Crippen LogP contribution in [0, 0.1) is 11.8 Å². The third kappa shape index (κ3) is 5.07. The molecule has 2 heterocycles. The molecule has 2 aromatic carbocycles. The summed E-state index contributed by atoms with van der Waals surface area (Å²) in [5, 5.41) is 0. The Kier molecular flexibility index (Phi) is 6.50. The van der Waals surface area contributed by atoms with Crippen molar-refractivity contribution in [3.05, 3.63) is 70.8 Å². The number of carbonyl (C=O) groups is 2. The van der Waals surface area contributed by atoms with Crippen LogP contribution in [-0.4, -0.2) is 41.2 Å². The number of fused-ring (bicyclic) bond motifs is 1. The molecule has 2 aliphatic heterocycles. The van der Waals surface area contributed by atoms with Gasteiger partial charge in [-0.3, -0.25) is 9.59 Å². The molecule has 4 rings (SSSR count). The quantitative estimate of drug-likeness (QED) is 0.655. The second-order valence-corrected chi connectivity index (χ2v) is 9.51. The number of alkyl halides is 3. The number of hydrogen-bond acceptors (Lipinski definition) is 2. The van der Waals surface area contributed by atoms with Gasteiger partial charge in [0, 0.05) is 38.5 Å². The highest BCUT2D eigenvalue weighted by Gasteiger charge is 2.43. The zero-order chi connectivity index (χ0) is 23.8. The molecule has 2 aliphatic rings. The van der Waals surface area contributed by atoms with Crippen molar-refractivity contribution in [3.8, 4) is 0 Å². The van der Waals surface area contributed by atoms with Crippen LogP contribution < -0.4 is 0 Å². The molecule has 2 amide bonds. The normalized spacial score (nSPS) is 20.8. The molecular weight excluding hydrogens is 429 g/mol. The van der Waals surface area contributed by atoms with Crippen molar-refractivity contribution < 1.29 is 22.8 Å². The Balaban J connectivity index is 1.62. The minimum absolute atomic E-state index is 0.0544. The molecule has 2 atom stereocenters. The summed E-state index contributed by atoms with van der Waals surface area (Å²) in [6.45, 7) is 5.46. The van der Waals surface area contributed by atoms with Crippen LogP contribution in [-0.2, 0) is 28.7 Å². The van der Waals surface area contributed by atoms with E-state index in [0.29, 0.717) is 25.1 Å². The van der Waals surface area contributed by atoms with Gasteiger partial charge in [-0.25, -0.2) is 0 Å². The van der Waals surface area contributed by atoms with Crippen LogP contribution >= 0.6 is 0 Å². The molecule has 4 nitrogen and oxygen atoms in total. The van der Waals surface area contributed by atoms with Crippen LogP contribution in [0.2, 0.25) is 0 Å². The number of nitrogens with zero attached hydrogens (tertiary/aromatic N) is 2. The lowest BCUT2D eigenvalue weighted by molar-refractivity contribution is -0.138. The highest BCUT2D eigenvalue weighted by molar-refractivity contribution is 5.84. The Morgan fingerprint density at radius 1 is 1.00 bits per heavy atom. The molecule has 0 bridgehead atoms. The predicted octanol–water partition coefficient (Wildman–Crippen LogP) is 4.88. The molecule has 0 N–H and O–H groups in total. The second-order valence-electron chi connectivity index (χ2n) is 9.51. The van der Waals surface area contributed by atoms with Crippen LogP contribution in [0.15, 0.2) is 48.5 Å². The molecule has 176 valence electrons. The van der Waals surface area contributed by atoms with Crippen molar-refractivity contribution in [1.82, 2.24) is 9.80 Å². The first kappa shape index (κ1) is 23.3. The molecule has 7 heteroatoms. The minimum atomic E-state index is -4.46. The number of carbonyl (C=O) groups excluding carboxylic acids is 2. The molecular formula is C26H29F3N2O2. The third-order valence-corrected chi connectivity index (χ3v) is 6.66. The Hall–Kier alpha value is -2.83. The van der Waals surface area contributed by atoms with Crippen LogP contribution in [0.1, 0.15) is 48.4 Å². The fourth-order valence-corrected chi connectivity index (χ4v) is 4.94. The summed E-state index contributed by atoms with van der Waals surface area (Å²) in [6, 6.07) is 13.2. The number of likely N-dealkylation sites (tertiary alicyclic amines) is 1. The van der Waals surface area contributed by atoms with Crippen LogP contribution in [0.3, 0.4) is 0 Å². The predicted molar refractivity (Wildman–Crippen MR) is 119 cm³/mol. The van der Waals surface area contributed by atoms with Crippen molar-refractivity contribution in [2.24, 2.45) is 11.8 Å². The maximum atomic E-state index is 13.6. The summed E-state index contributed by atoms with van der Waals surface area (Å²) in [7, 11) is 0. The Morgan fingerprint density at radius 2 is 1.73 bits per heavy atom. The number of hydrogen-bond donors (Lipinski definition) is 0. The first-order chi connectivity index (χ1) is 15.6. The zero-order valence-electron chi connectivity index (χ0n) is 18.9. The summed E-state index contributed by atoms with van der Waals surface area (Å²) in [5.41, 5.74) is 2.04. The monoisotopic (exact) mass is 458 g/mol. The molecule has 0 aromatic heterocycles. The summed E-state index contributed by atoms with van der Waals surface area (Å²) in [6.07, 6.45) is -3.36. The summed E-state index contributed by atoms with van der Waals surface area (Å²) < 4.78 is 40.1. The van der Waals surface area contributed by atoms with Crippen molar-refractivity contribution in [1.29, 1.82) is 0 Å². The lowest BCUT2D eigenvalue weighted by Gasteiger charge is -2.32. The molecule has 2 aromatic rings. The van der Waals surface area contributed by atoms with Crippen LogP contribution in [0.25, 0.3) is 0 Å². The van der Waals surface area contributed by atoms with E-state index in [2.05, 4.69) is 6.07 Å². The zero-order valence-corrected chi connectivity index (χ0v) is 18.9. The Morgan fingerprint density at radius 3 is 2.42 bits per heavy atom. The van der Waals surface area contributed by atoms with Crippen molar-refractivity contribution >= 4 is 11.8 Å². The highest BCUT2D eigenvalue weighted by Crippen LogP contribution is 2.38. The van der Waals surface area contributed by atoms with E-state index < -0.39 is 23.6 Å². The fourth-order valence-electron chi connectivity index (χ4n) is 4.94. The van der Waals surface area contributed by atoms with Gasteiger partial charge in [0.2, 0.25) is 11.8 Å². The van der Waals surface area contributed by atoms with Crippen molar-refractivity contribution in [2.45, 2.75) is 45.3 Å². The molecule has 33 heavy (non-hydrogen) atoms. The number of rotatable bonds is 4. The Labute approximate surface area is 192 Å². The van der Waals surface area contributed by atoms with Crippen molar-refractivity contribution in [3.63, 3.8) is 0 Å². The van der Waals surface area contributed by atoms with E-state index in [1.165, 1.54) is 11.6 Å². The second kappa shape index (κ2) is 9.20. The van der Waals surface area contributed by atoms with E-state index in [-0.39, 0.29) is 30.8 Å². The lowest BCUT2D eigenvalue weighted by atomic mass is 9.86. The van der Waals surface area contributed by atoms with Gasteiger partial charge in [0.05, 0.1) is 11.5 Å². The van der Waals surface area contributed by atoms with E-state index in [0.717, 1.165) is 24.1 Å². The van der Waals surface area contributed by atoms with E-state index in [1.807, 2.05) is 32.0 Å². The topological polar surface area (TPSA) is 40.6 Å². The van der Waals surface area contributed by atoms with Crippen molar-refractivity contribution in [2.75, 3.05) is 19.6 Å². The molecule has 1 fully saturated rings. The van der Waals surface area contributed by atoms with Gasteiger partial charge < -0.3 is 9.80 Å². The first-order valence-electron chi connectivity index (χ1n) is 11.4. The van der Waals surface area contributed by atoms with E-state index >= 15 is 0 Å². The van der Waals surface area contributed by atoms with Gasteiger partial charge in [0.15, 0.2) is 0 Å². The van der Waals surface area contributed by atoms with Gasteiger partial charge in [-0.15, -0.1) is 0 Å². The molecule has 0 radical (unpaired) electrons. The maximum Gasteiger partial charge on any atom is 0.416 e. The number of amides is 2. The molecule has 0 spiro atoms. The molecule has 0 aliphatic carbocycles. The van der Waals surface area contributed by atoms with E-state index in [4.69, 9.17) is 0 Å². The SMILES string of the molecule is CC(C)CC(=O)N1CC(C(=O)N2CCc3ccccc3C2)C(c2cccc(C(F)(F)F)c2)C1. The van der Waals surface area contributed by atoms with Gasteiger partial charge in [0.25, 0.3) is 0 Å². The van der Waals surface area contributed by atoms with Gasteiger partial charge >= 0.3 is 6.18 Å². The van der Waals surface area contributed by atoms with E-state index in [9.17, 15) is 22.8 Å². The van der Waals surface area contributed by atoms with Gasteiger partial charge in [0.1, 0.15) is 0 Å². The number of halogens is 3. The lowest BCUT2D eigenvalue weighted by Crippen LogP contribution is -2.42. The van der Waals surface area contributed by atoms with Gasteiger partial charge in [-0.2, -0.15) is 13.2 Å². The summed E-state index contributed by atoms with van der Waals surface area (Å²) >= 11 is 0. The van der Waals surface area contributed by atoms with E-state index in [1.54, 1.807) is 15.9 Å². The average molecular weight is 459 g/mol. The smallest absolute Gasteiger partial charge is 0.341 e. The average Bonchev–Trinajstić information content (AvgIpc) is 3.23. The molecule has 2 unspecified atom stereocenters. The number of benzene rings is 2. The summed E-state index contributed by atoms with van der Waals surface area (Å²) in [5.74, 6) is -1.01. The fraction of sp³-hybridized carbons (Fsp3) is 0.462. The first-order valence-corrected chi connectivity index (χ1v) is 11.4.